The molecule has 23 heavy (non-hydrogen) atoms. The number of carbonyl (C=O) groups excluding carboxylic acids is 1. The molecular formula is C19H20N2O2. The Morgan fingerprint density at radius 3 is 2.61 bits per heavy atom. The summed E-state index contributed by atoms with van der Waals surface area (Å²) in [5.74, 6) is 0.562. The summed E-state index contributed by atoms with van der Waals surface area (Å²) in [5, 5.41) is 6.44. The molecule has 0 atom stereocenters. The van der Waals surface area contributed by atoms with Crippen molar-refractivity contribution in [3.63, 3.8) is 0 Å². The molecule has 1 heterocycles. The van der Waals surface area contributed by atoms with Crippen molar-refractivity contribution in [3.05, 3.63) is 59.4 Å². The van der Waals surface area contributed by atoms with Crippen molar-refractivity contribution in [1.82, 2.24) is 9.78 Å². The van der Waals surface area contributed by atoms with Crippen LogP contribution in [-0.4, -0.2) is 22.3 Å². The quantitative estimate of drug-likeness (QED) is 0.733. The average molecular weight is 308 g/mol. The van der Waals surface area contributed by atoms with Crippen LogP contribution in [0.25, 0.3) is 10.8 Å². The van der Waals surface area contributed by atoms with E-state index in [1.165, 1.54) is 4.68 Å². The van der Waals surface area contributed by atoms with Gasteiger partial charge in [0.25, 0.3) is 5.91 Å². The van der Waals surface area contributed by atoms with Crippen LogP contribution in [0.15, 0.2) is 42.5 Å². The molecule has 0 aliphatic rings. The minimum atomic E-state index is -0.154. The molecule has 0 saturated carbocycles. The normalized spacial score (nSPS) is 10.9. The summed E-state index contributed by atoms with van der Waals surface area (Å²) >= 11 is 0. The van der Waals surface area contributed by atoms with E-state index >= 15 is 0 Å². The summed E-state index contributed by atoms with van der Waals surface area (Å²) in [5.41, 5.74) is 2.93. The minimum Gasteiger partial charge on any atom is -0.483 e. The fourth-order valence-electron chi connectivity index (χ4n) is 2.95. The lowest BCUT2D eigenvalue weighted by Gasteiger charge is -2.09. The van der Waals surface area contributed by atoms with Gasteiger partial charge < -0.3 is 4.74 Å². The second-order valence-corrected chi connectivity index (χ2v) is 5.57. The maximum absolute atomic E-state index is 12.4. The second-order valence-electron chi connectivity index (χ2n) is 5.57. The maximum Gasteiger partial charge on any atom is 0.284 e. The predicted molar refractivity (Wildman–Crippen MR) is 91.1 cm³/mol. The van der Waals surface area contributed by atoms with Gasteiger partial charge in [-0.2, -0.15) is 5.10 Å². The summed E-state index contributed by atoms with van der Waals surface area (Å²) < 4.78 is 7.22. The molecule has 0 radical (unpaired) electrons. The third-order valence-electron chi connectivity index (χ3n) is 4.13. The van der Waals surface area contributed by atoms with E-state index in [1.54, 1.807) is 0 Å². The molecule has 0 aliphatic heterocycles. The van der Waals surface area contributed by atoms with Crippen LogP contribution in [0, 0.1) is 13.8 Å². The Bertz CT molecular complexity index is 860. The third-order valence-corrected chi connectivity index (χ3v) is 4.13. The molecule has 0 amide bonds. The van der Waals surface area contributed by atoms with Crippen LogP contribution in [0.1, 0.15) is 28.7 Å². The standard InChI is InChI=1S/C19H20N2O2/c1-4-16-13(2)20-21(14(16)3)19(22)12-23-18-11-7-9-15-8-5-6-10-17(15)18/h5-11H,4,12H2,1-3H3. The highest BCUT2D eigenvalue weighted by atomic mass is 16.5. The molecule has 2 aromatic carbocycles. The van der Waals surface area contributed by atoms with Crippen LogP contribution in [0.4, 0.5) is 0 Å². The number of hydrogen-bond acceptors (Lipinski definition) is 3. The molecule has 0 unspecified atom stereocenters. The van der Waals surface area contributed by atoms with E-state index in [4.69, 9.17) is 4.74 Å². The van der Waals surface area contributed by atoms with Gasteiger partial charge in [-0.05, 0) is 37.3 Å². The Kier molecular flexibility index (Phi) is 4.15. The predicted octanol–water partition coefficient (Wildman–Crippen LogP) is 3.93. The smallest absolute Gasteiger partial charge is 0.284 e. The first-order valence-electron chi connectivity index (χ1n) is 7.80. The van der Waals surface area contributed by atoms with Gasteiger partial charge in [0.2, 0.25) is 0 Å². The highest BCUT2D eigenvalue weighted by Gasteiger charge is 2.16. The number of rotatable bonds is 4. The molecule has 0 saturated heterocycles. The van der Waals surface area contributed by atoms with Gasteiger partial charge in [-0.25, -0.2) is 4.68 Å². The molecule has 4 heteroatoms. The van der Waals surface area contributed by atoms with Crippen molar-refractivity contribution in [2.24, 2.45) is 0 Å². The van der Waals surface area contributed by atoms with Crippen LogP contribution in [0.3, 0.4) is 0 Å². The lowest BCUT2D eigenvalue weighted by atomic mass is 10.1. The van der Waals surface area contributed by atoms with Gasteiger partial charge in [-0.3, -0.25) is 4.79 Å². The van der Waals surface area contributed by atoms with Crippen LogP contribution in [0.2, 0.25) is 0 Å². The maximum atomic E-state index is 12.4. The number of aryl methyl sites for hydroxylation is 1. The van der Waals surface area contributed by atoms with Crippen molar-refractivity contribution in [2.75, 3.05) is 6.61 Å². The first-order chi connectivity index (χ1) is 11.1. The summed E-state index contributed by atoms with van der Waals surface area (Å²) in [6, 6.07) is 13.8. The zero-order chi connectivity index (χ0) is 16.4. The van der Waals surface area contributed by atoms with E-state index in [9.17, 15) is 4.79 Å². The molecular weight excluding hydrogens is 288 g/mol. The topological polar surface area (TPSA) is 44.1 Å². The largest absolute Gasteiger partial charge is 0.483 e. The fraction of sp³-hybridized carbons (Fsp3) is 0.263. The number of ether oxygens (including phenoxy) is 1. The number of fused-ring (bicyclic) bond motifs is 1. The number of carbonyl (C=O) groups is 1. The van der Waals surface area contributed by atoms with Gasteiger partial charge in [-0.15, -0.1) is 0 Å². The second kappa shape index (κ2) is 6.24. The monoisotopic (exact) mass is 308 g/mol. The van der Waals surface area contributed by atoms with E-state index in [0.29, 0.717) is 5.75 Å². The van der Waals surface area contributed by atoms with Crippen molar-refractivity contribution in [1.29, 1.82) is 0 Å². The minimum absolute atomic E-state index is 0.0286. The molecule has 3 aromatic rings. The molecule has 3 rings (SSSR count). The Morgan fingerprint density at radius 2 is 1.87 bits per heavy atom. The highest BCUT2D eigenvalue weighted by Crippen LogP contribution is 2.25. The zero-order valence-corrected chi connectivity index (χ0v) is 13.7. The SMILES string of the molecule is CCc1c(C)nn(C(=O)COc2cccc3ccccc23)c1C. The summed E-state index contributed by atoms with van der Waals surface area (Å²) in [6.07, 6.45) is 0.870. The number of aromatic nitrogens is 2. The van der Waals surface area contributed by atoms with Crippen LogP contribution < -0.4 is 4.74 Å². The molecule has 0 fully saturated rings. The van der Waals surface area contributed by atoms with Crippen molar-refractivity contribution < 1.29 is 9.53 Å². The summed E-state index contributed by atoms with van der Waals surface area (Å²) in [6.45, 7) is 5.90. The van der Waals surface area contributed by atoms with E-state index < -0.39 is 0 Å². The Morgan fingerprint density at radius 1 is 1.13 bits per heavy atom. The van der Waals surface area contributed by atoms with Crippen molar-refractivity contribution >= 4 is 16.7 Å². The van der Waals surface area contributed by atoms with Gasteiger partial charge in [-0.1, -0.05) is 43.3 Å². The van der Waals surface area contributed by atoms with Gasteiger partial charge in [0.05, 0.1) is 5.69 Å². The molecule has 4 nitrogen and oxygen atoms in total. The number of benzene rings is 2. The van der Waals surface area contributed by atoms with Gasteiger partial charge in [0.15, 0.2) is 6.61 Å². The third kappa shape index (κ3) is 2.84. The first kappa shape index (κ1) is 15.3. The van der Waals surface area contributed by atoms with Gasteiger partial charge in [0.1, 0.15) is 5.75 Å². The molecule has 0 N–H and O–H groups in total. The van der Waals surface area contributed by atoms with Crippen LogP contribution in [0.5, 0.6) is 5.75 Å². The number of nitrogens with zero attached hydrogens (tertiary/aromatic N) is 2. The lowest BCUT2D eigenvalue weighted by Crippen LogP contribution is -2.21. The first-order valence-corrected chi connectivity index (χ1v) is 7.80. The molecule has 0 bridgehead atoms. The van der Waals surface area contributed by atoms with E-state index in [0.717, 1.165) is 34.1 Å². The lowest BCUT2D eigenvalue weighted by molar-refractivity contribution is 0.0819. The zero-order valence-electron chi connectivity index (χ0n) is 13.7. The average Bonchev–Trinajstić information content (AvgIpc) is 2.86. The Hall–Kier alpha value is -2.62. The van der Waals surface area contributed by atoms with Crippen LogP contribution in [-0.2, 0) is 6.42 Å². The highest BCUT2D eigenvalue weighted by molar-refractivity contribution is 5.88. The van der Waals surface area contributed by atoms with Gasteiger partial charge in [0, 0.05) is 11.1 Å². The van der Waals surface area contributed by atoms with Crippen LogP contribution >= 0.6 is 0 Å². The van der Waals surface area contributed by atoms with E-state index in [2.05, 4.69) is 12.0 Å². The Labute approximate surface area is 135 Å². The molecule has 118 valence electrons. The van der Waals surface area contributed by atoms with E-state index in [1.807, 2.05) is 56.3 Å². The molecule has 0 spiro atoms. The van der Waals surface area contributed by atoms with Crippen molar-refractivity contribution in [2.45, 2.75) is 27.2 Å². The summed E-state index contributed by atoms with van der Waals surface area (Å²) in [7, 11) is 0. The molecule has 0 aliphatic carbocycles. The number of hydrogen-bond donors (Lipinski definition) is 0. The van der Waals surface area contributed by atoms with Gasteiger partial charge >= 0.3 is 0 Å². The fourth-order valence-corrected chi connectivity index (χ4v) is 2.95. The Balaban J connectivity index is 1.81. The van der Waals surface area contributed by atoms with Crippen molar-refractivity contribution in [3.8, 4) is 5.75 Å². The van der Waals surface area contributed by atoms with E-state index in [-0.39, 0.29) is 12.5 Å². The molecule has 1 aromatic heterocycles. The summed E-state index contributed by atoms with van der Waals surface area (Å²) in [4.78, 5) is 12.4.